The molecule has 1 amide bonds. The summed E-state index contributed by atoms with van der Waals surface area (Å²) in [6.07, 6.45) is 3.34. The average Bonchev–Trinajstić information content (AvgIpc) is 2.32. The first-order valence-corrected chi connectivity index (χ1v) is 5.31. The quantitative estimate of drug-likeness (QED) is 0.598. The molecule has 1 saturated heterocycles. The molecule has 0 aliphatic carbocycles. The standard InChI is InChI=1S/C10H21N3O/c1-10(2,9(11)14)13-8-4-3-6-12-7-5-8/h8,12-13H,3-7H2,1-2H3,(H2,11,14). The molecule has 0 bridgehead atoms. The Hall–Kier alpha value is -0.610. The van der Waals surface area contributed by atoms with Gasteiger partial charge in [0.25, 0.3) is 0 Å². The highest BCUT2D eigenvalue weighted by Crippen LogP contribution is 2.10. The van der Waals surface area contributed by atoms with E-state index in [9.17, 15) is 4.79 Å². The van der Waals surface area contributed by atoms with Crippen molar-refractivity contribution in [2.24, 2.45) is 5.73 Å². The lowest BCUT2D eigenvalue weighted by atomic mass is 10.0. The molecular weight excluding hydrogens is 178 g/mol. The van der Waals surface area contributed by atoms with Crippen LogP contribution in [0.5, 0.6) is 0 Å². The molecule has 1 unspecified atom stereocenters. The van der Waals surface area contributed by atoms with Gasteiger partial charge in [0.15, 0.2) is 0 Å². The maximum Gasteiger partial charge on any atom is 0.237 e. The maximum atomic E-state index is 11.1. The number of carbonyl (C=O) groups excluding carboxylic acids is 1. The third kappa shape index (κ3) is 3.27. The van der Waals surface area contributed by atoms with Gasteiger partial charge in [0, 0.05) is 6.04 Å². The Kier molecular flexibility index (Phi) is 3.89. The van der Waals surface area contributed by atoms with Gasteiger partial charge in [-0.3, -0.25) is 4.79 Å². The molecule has 4 N–H and O–H groups in total. The molecule has 1 rings (SSSR count). The number of carbonyl (C=O) groups is 1. The van der Waals surface area contributed by atoms with Gasteiger partial charge in [0.2, 0.25) is 5.91 Å². The van der Waals surface area contributed by atoms with Crippen LogP contribution >= 0.6 is 0 Å². The lowest BCUT2D eigenvalue weighted by Crippen LogP contribution is -2.54. The summed E-state index contributed by atoms with van der Waals surface area (Å²) < 4.78 is 0. The van der Waals surface area contributed by atoms with Gasteiger partial charge in [0.1, 0.15) is 0 Å². The highest BCUT2D eigenvalue weighted by molar-refractivity contribution is 5.83. The molecule has 1 fully saturated rings. The van der Waals surface area contributed by atoms with E-state index in [1.807, 2.05) is 13.8 Å². The number of rotatable bonds is 3. The number of nitrogens with two attached hydrogens (primary N) is 1. The molecule has 4 heteroatoms. The summed E-state index contributed by atoms with van der Waals surface area (Å²) in [6, 6.07) is 0.410. The van der Waals surface area contributed by atoms with Crippen LogP contribution in [0.3, 0.4) is 0 Å². The van der Waals surface area contributed by atoms with E-state index in [4.69, 9.17) is 5.73 Å². The molecule has 1 aliphatic heterocycles. The van der Waals surface area contributed by atoms with Crippen molar-refractivity contribution in [1.29, 1.82) is 0 Å². The number of hydrogen-bond donors (Lipinski definition) is 3. The van der Waals surface area contributed by atoms with E-state index in [1.165, 1.54) is 0 Å². The van der Waals surface area contributed by atoms with Crippen molar-refractivity contribution in [3.05, 3.63) is 0 Å². The number of primary amides is 1. The minimum Gasteiger partial charge on any atom is -0.368 e. The van der Waals surface area contributed by atoms with Gasteiger partial charge in [-0.2, -0.15) is 0 Å². The SMILES string of the molecule is CC(C)(NC1CCCNCC1)C(N)=O. The summed E-state index contributed by atoms with van der Waals surface area (Å²) in [6.45, 7) is 5.78. The van der Waals surface area contributed by atoms with E-state index >= 15 is 0 Å². The number of amides is 1. The Morgan fingerprint density at radius 2 is 2.14 bits per heavy atom. The molecule has 0 saturated carbocycles. The predicted octanol–water partition coefficient (Wildman–Crippen LogP) is -0.0180. The molecule has 0 aromatic heterocycles. The summed E-state index contributed by atoms with van der Waals surface area (Å²) in [5.74, 6) is -0.283. The largest absolute Gasteiger partial charge is 0.368 e. The van der Waals surface area contributed by atoms with Gasteiger partial charge < -0.3 is 16.4 Å². The summed E-state index contributed by atoms with van der Waals surface area (Å²) in [4.78, 5) is 11.1. The van der Waals surface area contributed by atoms with Crippen LogP contribution in [0.15, 0.2) is 0 Å². The van der Waals surface area contributed by atoms with E-state index in [0.717, 1.165) is 32.4 Å². The zero-order valence-corrected chi connectivity index (χ0v) is 9.10. The molecule has 82 valence electrons. The first kappa shape index (κ1) is 11.5. The Morgan fingerprint density at radius 3 is 2.79 bits per heavy atom. The van der Waals surface area contributed by atoms with Gasteiger partial charge in [0.05, 0.1) is 5.54 Å². The lowest BCUT2D eigenvalue weighted by molar-refractivity contribution is -0.123. The summed E-state index contributed by atoms with van der Waals surface area (Å²) in [5, 5.41) is 6.66. The van der Waals surface area contributed by atoms with Crippen molar-refractivity contribution in [2.75, 3.05) is 13.1 Å². The smallest absolute Gasteiger partial charge is 0.237 e. The number of nitrogens with one attached hydrogen (secondary N) is 2. The molecule has 0 aromatic rings. The van der Waals surface area contributed by atoms with Gasteiger partial charge >= 0.3 is 0 Å². The fourth-order valence-electron chi connectivity index (χ4n) is 1.74. The second kappa shape index (κ2) is 4.75. The van der Waals surface area contributed by atoms with Crippen molar-refractivity contribution >= 4 is 5.91 Å². The fourth-order valence-corrected chi connectivity index (χ4v) is 1.74. The van der Waals surface area contributed by atoms with Gasteiger partial charge in [-0.25, -0.2) is 0 Å². The summed E-state index contributed by atoms with van der Waals surface area (Å²) >= 11 is 0. The number of hydrogen-bond acceptors (Lipinski definition) is 3. The fraction of sp³-hybridized carbons (Fsp3) is 0.900. The zero-order valence-electron chi connectivity index (χ0n) is 9.10. The minimum absolute atomic E-state index is 0.283. The van der Waals surface area contributed by atoms with Crippen LogP contribution in [-0.4, -0.2) is 30.6 Å². The van der Waals surface area contributed by atoms with Crippen molar-refractivity contribution in [2.45, 2.75) is 44.7 Å². The molecule has 1 heterocycles. The Bertz CT molecular complexity index is 196. The van der Waals surface area contributed by atoms with Crippen LogP contribution in [0.1, 0.15) is 33.1 Å². The molecule has 0 radical (unpaired) electrons. The van der Waals surface area contributed by atoms with Crippen molar-refractivity contribution < 1.29 is 4.79 Å². The lowest BCUT2D eigenvalue weighted by Gasteiger charge is -2.28. The van der Waals surface area contributed by atoms with Crippen molar-refractivity contribution in [3.63, 3.8) is 0 Å². The monoisotopic (exact) mass is 199 g/mol. The highest BCUT2D eigenvalue weighted by atomic mass is 16.1. The van der Waals surface area contributed by atoms with Gasteiger partial charge in [-0.1, -0.05) is 0 Å². The molecule has 1 aliphatic rings. The van der Waals surface area contributed by atoms with E-state index in [0.29, 0.717) is 6.04 Å². The second-order valence-corrected chi connectivity index (χ2v) is 4.51. The first-order chi connectivity index (χ1) is 6.52. The van der Waals surface area contributed by atoms with Crippen molar-refractivity contribution in [3.8, 4) is 0 Å². The normalized spacial score (nSPS) is 24.3. The van der Waals surface area contributed by atoms with Crippen LogP contribution in [0.2, 0.25) is 0 Å². The van der Waals surface area contributed by atoms with Crippen LogP contribution in [0.4, 0.5) is 0 Å². The van der Waals surface area contributed by atoms with E-state index in [2.05, 4.69) is 10.6 Å². The average molecular weight is 199 g/mol. The zero-order chi connectivity index (χ0) is 10.6. The third-order valence-corrected chi connectivity index (χ3v) is 2.76. The molecule has 4 nitrogen and oxygen atoms in total. The Labute approximate surface area is 85.6 Å². The maximum absolute atomic E-state index is 11.1. The Balaban J connectivity index is 2.45. The second-order valence-electron chi connectivity index (χ2n) is 4.51. The van der Waals surface area contributed by atoms with E-state index < -0.39 is 5.54 Å². The van der Waals surface area contributed by atoms with Crippen LogP contribution in [-0.2, 0) is 4.79 Å². The summed E-state index contributed by atoms with van der Waals surface area (Å²) in [7, 11) is 0. The summed E-state index contributed by atoms with van der Waals surface area (Å²) in [5.41, 5.74) is 4.72. The van der Waals surface area contributed by atoms with E-state index in [1.54, 1.807) is 0 Å². The Morgan fingerprint density at radius 1 is 1.43 bits per heavy atom. The van der Waals surface area contributed by atoms with Crippen LogP contribution < -0.4 is 16.4 Å². The van der Waals surface area contributed by atoms with Crippen LogP contribution in [0, 0.1) is 0 Å². The molecule has 1 atom stereocenters. The highest BCUT2D eigenvalue weighted by Gasteiger charge is 2.27. The van der Waals surface area contributed by atoms with Gasteiger partial charge in [-0.15, -0.1) is 0 Å². The molecular formula is C10H21N3O. The van der Waals surface area contributed by atoms with Gasteiger partial charge in [-0.05, 0) is 46.2 Å². The molecule has 14 heavy (non-hydrogen) atoms. The predicted molar refractivity (Wildman–Crippen MR) is 56.9 cm³/mol. The third-order valence-electron chi connectivity index (χ3n) is 2.76. The first-order valence-electron chi connectivity index (χ1n) is 5.31. The minimum atomic E-state index is -0.588. The molecule has 0 spiro atoms. The van der Waals surface area contributed by atoms with E-state index in [-0.39, 0.29) is 5.91 Å². The van der Waals surface area contributed by atoms with Crippen molar-refractivity contribution in [1.82, 2.24) is 10.6 Å². The topological polar surface area (TPSA) is 67.2 Å². The molecule has 0 aromatic carbocycles. The van der Waals surface area contributed by atoms with Crippen LogP contribution in [0.25, 0.3) is 0 Å².